The van der Waals surface area contributed by atoms with Gasteiger partial charge in [0, 0.05) is 25.9 Å². The van der Waals surface area contributed by atoms with Crippen molar-refractivity contribution >= 4 is 11.8 Å². The highest BCUT2D eigenvalue weighted by atomic mass is 16.2. The number of amides is 2. The quantitative estimate of drug-likeness (QED) is 0.0641. The monoisotopic (exact) mass is 663 g/mol. The zero-order valence-electron chi connectivity index (χ0n) is 32.4. The summed E-state index contributed by atoms with van der Waals surface area (Å²) in [7, 11) is 0. The second-order valence-electron chi connectivity index (χ2n) is 14.9. The third-order valence-corrected chi connectivity index (χ3v) is 10.0. The fourth-order valence-corrected chi connectivity index (χ4v) is 6.73. The highest BCUT2D eigenvalue weighted by Crippen LogP contribution is 2.15. The van der Waals surface area contributed by atoms with E-state index >= 15 is 0 Å². The highest BCUT2D eigenvalue weighted by molar-refractivity contribution is 5.76. The van der Waals surface area contributed by atoms with E-state index in [0.717, 1.165) is 51.6 Å². The largest absolute Gasteiger partial charge is 0.356 e. The van der Waals surface area contributed by atoms with Crippen LogP contribution in [0.5, 0.6) is 0 Å². The number of hydrogen-bond donors (Lipinski definition) is 2. The van der Waals surface area contributed by atoms with Crippen LogP contribution in [-0.2, 0) is 9.59 Å². The Bertz CT molecular complexity index is 571. The van der Waals surface area contributed by atoms with Crippen molar-refractivity contribution in [3.05, 3.63) is 0 Å². The summed E-state index contributed by atoms with van der Waals surface area (Å²) in [5, 5.41) is 6.21. The minimum absolute atomic E-state index is 0.233. The molecule has 0 aliphatic rings. The number of nitrogens with one attached hydrogen (secondary N) is 2. The maximum absolute atomic E-state index is 12.1. The average molecular weight is 663 g/mol. The zero-order valence-corrected chi connectivity index (χ0v) is 32.4. The molecule has 0 spiro atoms. The predicted octanol–water partition coefficient (Wildman–Crippen LogP) is 13.7. The average Bonchev–Trinajstić information content (AvgIpc) is 3.07. The molecule has 2 N–H and O–H groups in total. The smallest absolute Gasteiger partial charge is 0.219 e. The van der Waals surface area contributed by atoms with Crippen LogP contribution in [0.1, 0.15) is 251 Å². The van der Waals surface area contributed by atoms with E-state index in [1.165, 1.54) is 186 Å². The van der Waals surface area contributed by atoms with Gasteiger partial charge < -0.3 is 10.6 Å². The van der Waals surface area contributed by atoms with Gasteiger partial charge in [0.2, 0.25) is 11.8 Å². The first-order chi connectivity index (χ1) is 23.2. The van der Waals surface area contributed by atoms with Crippen molar-refractivity contribution in [2.45, 2.75) is 251 Å². The Balaban J connectivity index is 3.23. The van der Waals surface area contributed by atoms with Gasteiger partial charge in [0.1, 0.15) is 0 Å². The van der Waals surface area contributed by atoms with Crippen LogP contribution in [0.25, 0.3) is 0 Å². The van der Waals surface area contributed by atoms with Crippen LogP contribution in [0.15, 0.2) is 0 Å². The lowest BCUT2D eigenvalue weighted by molar-refractivity contribution is -0.122. The maximum atomic E-state index is 12.1. The van der Waals surface area contributed by atoms with Gasteiger partial charge in [-0.15, -0.1) is 0 Å². The fourth-order valence-electron chi connectivity index (χ4n) is 6.73. The van der Waals surface area contributed by atoms with Gasteiger partial charge >= 0.3 is 0 Å². The lowest BCUT2D eigenvalue weighted by atomic mass is 10.0. The molecule has 0 aromatic carbocycles. The zero-order chi connectivity index (χ0) is 34.1. The van der Waals surface area contributed by atoms with E-state index < -0.39 is 0 Å². The van der Waals surface area contributed by atoms with Gasteiger partial charge in [-0.3, -0.25) is 9.59 Å². The van der Waals surface area contributed by atoms with Crippen LogP contribution >= 0.6 is 0 Å². The Labute approximate surface area is 295 Å². The summed E-state index contributed by atoms with van der Waals surface area (Å²) in [6, 6.07) is 0. The van der Waals surface area contributed by atoms with Gasteiger partial charge in [-0.05, 0) is 25.7 Å². The first kappa shape index (κ1) is 45.9. The molecule has 0 rings (SSSR count). The van der Waals surface area contributed by atoms with Crippen LogP contribution in [0.2, 0.25) is 0 Å². The standard InChI is InChI=1S/C43H86N2O2/c1-3-5-7-9-11-13-15-17-19-21-23-25-27-30-34-38-42(46)44-40-36-32-29-33-37-41-45-43(47)39-35-31-28-26-24-22-20-18-16-14-12-10-8-6-4-2/h3-41H2,1-2H3,(H,44,46)(H,45,47). The van der Waals surface area contributed by atoms with Gasteiger partial charge in [0.25, 0.3) is 0 Å². The van der Waals surface area contributed by atoms with Crippen LogP contribution < -0.4 is 10.6 Å². The maximum Gasteiger partial charge on any atom is 0.219 e. The van der Waals surface area contributed by atoms with Crippen molar-refractivity contribution in [1.82, 2.24) is 10.6 Å². The molecular weight excluding hydrogens is 576 g/mol. The Morgan fingerprint density at radius 1 is 0.277 bits per heavy atom. The summed E-state index contributed by atoms with van der Waals surface area (Å²) in [4.78, 5) is 24.2. The Kier molecular flexibility index (Phi) is 40.2. The number of carbonyl (C=O) groups excluding carboxylic acids is 2. The molecule has 0 saturated carbocycles. The molecule has 0 saturated heterocycles. The predicted molar refractivity (Wildman–Crippen MR) is 208 cm³/mol. The van der Waals surface area contributed by atoms with E-state index in [4.69, 9.17) is 0 Å². The normalized spacial score (nSPS) is 11.3. The first-order valence-electron chi connectivity index (χ1n) is 21.7. The van der Waals surface area contributed by atoms with Gasteiger partial charge in [-0.2, -0.15) is 0 Å². The van der Waals surface area contributed by atoms with Crippen molar-refractivity contribution in [3.63, 3.8) is 0 Å². The van der Waals surface area contributed by atoms with Gasteiger partial charge in [0.05, 0.1) is 0 Å². The molecule has 280 valence electrons. The van der Waals surface area contributed by atoms with Crippen molar-refractivity contribution in [2.24, 2.45) is 0 Å². The molecule has 4 nitrogen and oxygen atoms in total. The molecule has 0 radical (unpaired) electrons. The summed E-state index contributed by atoms with van der Waals surface area (Å²) in [5.41, 5.74) is 0. The van der Waals surface area contributed by atoms with Crippen LogP contribution in [0.3, 0.4) is 0 Å². The third-order valence-electron chi connectivity index (χ3n) is 10.0. The highest BCUT2D eigenvalue weighted by Gasteiger charge is 2.03. The van der Waals surface area contributed by atoms with Gasteiger partial charge in [-0.25, -0.2) is 0 Å². The van der Waals surface area contributed by atoms with E-state index in [9.17, 15) is 9.59 Å². The van der Waals surface area contributed by atoms with Gasteiger partial charge in [0.15, 0.2) is 0 Å². The Morgan fingerprint density at radius 2 is 0.468 bits per heavy atom. The Morgan fingerprint density at radius 3 is 0.702 bits per heavy atom. The van der Waals surface area contributed by atoms with Crippen LogP contribution in [0, 0.1) is 0 Å². The summed E-state index contributed by atoms with van der Waals surface area (Å²) in [6.07, 6.45) is 47.8. The van der Waals surface area contributed by atoms with Crippen molar-refractivity contribution < 1.29 is 9.59 Å². The van der Waals surface area contributed by atoms with Crippen molar-refractivity contribution in [1.29, 1.82) is 0 Å². The molecule has 0 aliphatic carbocycles. The van der Waals surface area contributed by atoms with Crippen LogP contribution in [-0.4, -0.2) is 24.9 Å². The minimum atomic E-state index is 0.233. The topological polar surface area (TPSA) is 58.2 Å². The van der Waals surface area contributed by atoms with Crippen LogP contribution in [0.4, 0.5) is 0 Å². The summed E-state index contributed by atoms with van der Waals surface area (Å²) in [5.74, 6) is 0.466. The lowest BCUT2D eigenvalue weighted by Gasteiger charge is -2.07. The molecule has 0 unspecified atom stereocenters. The second-order valence-corrected chi connectivity index (χ2v) is 14.9. The summed E-state index contributed by atoms with van der Waals surface area (Å²) >= 11 is 0. The molecule has 0 aromatic rings. The second kappa shape index (κ2) is 41.1. The molecule has 0 aromatic heterocycles. The third kappa shape index (κ3) is 41.0. The molecule has 0 aliphatic heterocycles. The van der Waals surface area contributed by atoms with E-state index in [-0.39, 0.29) is 11.8 Å². The molecule has 0 atom stereocenters. The summed E-state index contributed by atoms with van der Waals surface area (Å²) in [6.45, 7) is 6.20. The van der Waals surface area contributed by atoms with E-state index in [1.807, 2.05) is 0 Å². The molecule has 4 heteroatoms. The summed E-state index contributed by atoms with van der Waals surface area (Å²) < 4.78 is 0. The van der Waals surface area contributed by atoms with Crippen molar-refractivity contribution in [2.75, 3.05) is 13.1 Å². The number of unbranched alkanes of at least 4 members (excludes halogenated alkanes) is 32. The fraction of sp³-hybridized carbons (Fsp3) is 0.953. The SMILES string of the molecule is CCCCCCCCCCCCCCCCCC(=O)NCCCCCCCNC(=O)CCCCCCCCCCCCCCCCC. The number of carbonyl (C=O) groups is 2. The lowest BCUT2D eigenvalue weighted by Crippen LogP contribution is -2.24. The molecule has 0 bridgehead atoms. The Hall–Kier alpha value is -1.06. The number of hydrogen-bond acceptors (Lipinski definition) is 2. The molecule has 47 heavy (non-hydrogen) atoms. The molecule has 0 fully saturated rings. The van der Waals surface area contributed by atoms with Crippen molar-refractivity contribution in [3.8, 4) is 0 Å². The number of rotatable bonds is 40. The first-order valence-corrected chi connectivity index (χ1v) is 21.7. The van der Waals surface area contributed by atoms with E-state index in [0.29, 0.717) is 12.8 Å². The minimum Gasteiger partial charge on any atom is -0.356 e. The molecule has 2 amide bonds. The van der Waals surface area contributed by atoms with E-state index in [1.54, 1.807) is 0 Å². The molecular formula is C43H86N2O2. The van der Waals surface area contributed by atoms with Gasteiger partial charge in [-0.1, -0.05) is 213 Å². The molecule has 0 heterocycles. The van der Waals surface area contributed by atoms with E-state index in [2.05, 4.69) is 24.5 Å².